The van der Waals surface area contributed by atoms with Crippen LogP contribution in [0.2, 0.25) is 0 Å². The molecule has 4 unspecified atom stereocenters. The first-order valence-electron chi connectivity index (χ1n) is 12.4. The summed E-state index contributed by atoms with van der Waals surface area (Å²) in [4.78, 5) is 17.3. The van der Waals surface area contributed by atoms with Gasteiger partial charge in [0.2, 0.25) is 0 Å². The van der Waals surface area contributed by atoms with Crippen LogP contribution in [0.5, 0.6) is 0 Å². The molecule has 2 fully saturated rings. The van der Waals surface area contributed by atoms with Gasteiger partial charge in [-0.05, 0) is 52.6 Å². The lowest BCUT2D eigenvalue weighted by molar-refractivity contribution is -0.129. The summed E-state index contributed by atoms with van der Waals surface area (Å²) in [5.41, 5.74) is 0.0914. The topological polar surface area (TPSA) is 64.0 Å². The highest BCUT2D eigenvalue weighted by molar-refractivity contribution is 5.88. The fourth-order valence-electron chi connectivity index (χ4n) is 5.82. The van der Waals surface area contributed by atoms with E-state index in [1.54, 1.807) is 13.8 Å². The molecule has 0 amide bonds. The second kappa shape index (κ2) is 11.0. The van der Waals surface area contributed by atoms with Crippen molar-refractivity contribution in [1.29, 1.82) is 0 Å². The van der Waals surface area contributed by atoms with Crippen LogP contribution in [0.25, 0.3) is 0 Å². The molecule has 196 valence electrons. The van der Waals surface area contributed by atoms with Crippen LogP contribution in [0.4, 0.5) is 17.6 Å². The van der Waals surface area contributed by atoms with Gasteiger partial charge in [-0.3, -0.25) is 14.6 Å². The van der Waals surface area contributed by atoms with Gasteiger partial charge >= 0.3 is 0 Å². The maximum absolute atomic E-state index is 14.8. The molecule has 2 aromatic rings. The number of halogens is 4. The number of aliphatic hydroxyl groups is 2. The molecule has 4 atom stereocenters. The number of ketones is 1. The zero-order valence-electron chi connectivity index (χ0n) is 20.5. The van der Waals surface area contributed by atoms with Gasteiger partial charge in [0.05, 0.1) is 25.3 Å². The van der Waals surface area contributed by atoms with Crippen LogP contribution < -0.4 is 0 Å². The Labute approximate surface area is 208 Å². The Morgan fingerprint density at radius 1 is 0.778 bits per heavy atom. The van der Waals surface area contributed by atoms with E-state index in [1.807, 2.05) is 9.80 Å². The number of carbonyl (C=O) groups excluding carboxylic acids is 1. The largest absolute Gasteiger partial charge is 0.392 e. The molecule has 2 N–H and O–H groups in total. The minimum atomic E-state index is -1.07. The highest BCUT2D eigenvalue weighted by atomic mass is 19.2. The van der Waals surface area contributed by atoms with E-state index in [1.165, 1.54) is 24.3 Å². The zero-order chi connectivity index (χ0) is 26.1. The van der Waals surface area contributed by atoms with E-state index < -0.39 is 60.7 Å². The fraction of sp³-hybridized carbons (Fsp3) is 0.519. The minimum Gasteiger partial charge on any atom is -0.392 e. The van der Waals surface area contributed by atoms with Crippen molar-refractivity contribution in [3.8, 4) is 0 Å². The highest BCUT2D eigenvalue weighted by Gasteiger charge is 2.40. The van der Waals surface area contributed by atoms with E-state index in [2.05, 4.69) is 0 Å². The van der Waals surface area contributed by atoms with E-state index in [0.29, 0.717) is 38.8 Å². The normalized spacial score (nSPS) is 22.8. The zero-order valence-corrected chi connectivity index (χ0v) is 20.5. The fourth-order valence-corrected chi connectivity index (χ4v) is 5.82. The molecule has 2 saturated heterocycles. The first kappa shape index (κ1) is 26.7. The van der Waals surface area contributed by atoms with Gasteiger partial charge in [0.25, 0.3) is 0 Å². The van der Waals surface area contributed by atoms with Crippen LogP contribution in [-0.2, 0) is 18.0 Å². The van der Waals surface area contributed by atoms with Gasteiger partial charge in [0.1, 0.15) is 0 Å². The SMILES string of the molecule is CC(C(=O)C(C)N1CCCC1c1ccc(CO)c(F)c1F)N1CCCC1c1ccc(CO)c(F)c1F. The van der Waals surface area contributed by atoms with E-state index in [-0.39, 0.29) is 28.0 Å². The van der Waals surface area contributed by atoms with Crippen molar-refractivity contribution in [2.75, 3.05) is 13.1 Å². The molecular weight excluding hydrogens is 476 g/mol. The molecule has 5 nitrogen and oxygen atoms in total. The summed E-state index contributed by atoms with van der Waals surface area (Å²) >= 11 is 0. The highest BCUT2D eigenvalue weighted by Crippen LogP contribution is 2.39. The number of rotatable bonds is 8. The van der Waals surface area contributed by atoms with Gasteiger partial charge in [0, 0.05) is 34.3 Å². The van der Waals surface area contributed by atoms with Crippen molar-refractivity contribution >= 4 is 5.78 Å². The van der Waals surface area contributed by atoms with Crippen molar-refractivity contribution in [1.82, 2.24) is 9.80 Å². The third-order valence-electron chi connectivity index (χ3n) is 7.85. The van der Waals surface area contributed by atoms with Crippen molar-refractivity contribution in [3.05, 3.63) is 69.8 Å². The third-order valence-corrected chi connectivity index (χ3v) is 7.85. The summed E-state index contributed by atoms with van der Waals surface area (Å²) in [5, 5.41) is 18.4. The summed E-state index contributed by atoms with van der Waals surface area (Å²) in [5.74, 6) is -4.29. The summed E-state index contributed by atoms with van der Waals surface area (Å²) in [7, 11) is 0. The number of Topliss-reactive ketones (excluding diaryl/α,β-unsaturated/α-hetero) is 1. The molecule has 0 saturated carbocycles. The van der Waals surface area contributed by atoms with Crippen molar-refractivity contribution in [2.45, 2.75) is 76.9 Å². The Kier molecular flexibility index (Phi) is 8.14. The van der Waals surface area contributed by atoms with Gasteiger partial charge in [0.15, 0.2) is 29.1 Å². The number of nitrogens with zero attached hydrogens (tertiary/aromatic N) is 2. The maximum atomic E-state index is 14.8. The summed E-state index contributed by atoms with van der Waals surface area (Å²) in [6.07, 6.45) is 2.56. The van der Waals surface area contributed by atoms with Crippen LogP contribution in [0.3, 0.4) is 0 Å². The Balaban J connectivity index is 1.55. The minimum absolute atomic E-state index is 0.116. The third kappa shape index (κ3) is 4.69. The first-order chi connectivity index (χ1) is 17.2. The molecule has 0 aromatic heterocycles. The number of hydrogen-bond acceptors (Lipinski definition) is 5. The molecule has 4 rings (SSSR count). The predicted octanol–water partition coefficient (Wildman–Crippen LogP) is 4.55. The summed E-state index contributed by atoms with van der Waals surface area (Å²) in [6, 6.07) is 3.50. The second-order valence-corrected chi connectivity index (χ2v) is 9.75. The molecule has 2 aliphatic heterocycles. The molecule has 36 heavy (non-hydrogen) atoms. The maximum Gasteiger partial charge on any atom is 0.166 e. The van der Waals surface area contributed by atoms with Crippen molar-refractivity contribution in [2.24, 2.45) is 0 Å². The Morgan fingerprint density at radius 2 is 1.17 bits per heavy atom. The number of hydrogen-bond donors (Lipinski definition) is 2. The van der Waals surface area contributed by atoms with Crippen molar-refractivity contribution in [3.63, 3.8) is 0 Å². The van der Waals surface area contributed by atoms with Crippen LogP contribution in [0.1, 0.15) is 73.9 Å². The summed E-state index contributed by atoms with van der Waals surface area (Å²) < 4.78 is 58.3. The van der Waals surface area contributed by atoms with Crippen LogP contribution in [-0.4, -0.2) is 51.0 Å². The van der Waals surface area contributed by atoms with E-state index in [9.17, 15) is 32.6 Å². The molecule has 0 aliphatic carbocycles. The Bertz CT molecular complexity index is 1040. The molecular formula is C27H32F4N2O3. The quantitative estimate of drug-likeness (QED) is 0.513. The van der Waals surface area contributed by atoms with Gasteiger partial charge in [-0.2, -0.15) is 0 Å². The Hall–Kier alpha value is -2.33. The van der Waals surface area contributed by atoms with Crippen LogP contribution >= 0.6 is 0 Å². The number of aliphatic hydroxyl groups excluding tert-OH is 2. The van der Waals surface area contributed by atoms with Gasteiger partial charge in [-0.15, -0.1) is 0 Å². The average molecular weight is 509 g/mol. The van der Waals surface area contributed by atoms with Crippen LogP contribution in [0, 0.1) is 23.3 Å². The van der Waals surface area contributed by atoms with Gasteiger partial charge in [-0.1, -0.05) is 24.3 Å². The standard InChI is InChI=1S/C27H32F4N2O3/c1-15(32-11-3-5-21(32)19-9-7-17(13-34)23(28)25(19)30)27(36)16(2)33-12-4-6-22(33)20-10-8-18(14-35)24(29)26(20)31/h7-10,15-16,21-22,34-35H,3-6,11-14H2,1-2H3. The summed E-state index contributed by atoms with van der Waals surface area (Å²) in [6.45, 7) is 3.36. The van der Waals surface area contributed by atoms with E-state index in [0.717, 1.165) is 0 Å². The molecule has 9 heteroatoms. The average Bonchev–Trinajstić information content (AvgIpc) is 3.56. The first-order valence-corrected chi connectivity index (χ1v) is 12.4. The number of likely N-dealkylation sites (tertiary alicyclic amines) is 2. The second-order valence-electron chi connectivity index (χ2n) is 9.75. The smallest absolute Gasteiger partial charge is 0.166 e. The lowest BCUT2D eigenvalue weighted by atomic mass is 9.97. The number of benzene rings is 2. The van der Waals surface area contributed by atoms with E-state index in [4.69, 9.17) is 0 Å². The van der Waals surface area contributed by atoms with Crippen molar-refractivity contribution < 1.29 is 32.6 Å². The monoisotopic (exact) mass is 508 g/mol. The van der Waals surface area contributed by atoms with Gasteiger partial charge < -0.3 is 10.2 Å². The van der Waals surface area contributed by atoms with Crippen LogP contribution in [0.15, 0.2) is 24.3 Å². The lowest BCUT2D eigenvalue weighted by Crippen LogP contribution is -2.48. The van der Waals surface area contributed by atoms with E-state index >= 15 is 0 Å². The predicted molar refractivity (Wildman–Crippen MR) is 126 cm³/mol. The van der Waals surface area contributed by atoms with Gasteiger partial charge in [-0.25, -0.2) is 17.6 Å². The molecule has 2 aliphatic rings. The molecule has 0 spiro atoms. The molecule has 0 bridgehead atoms. The molecule has 0 radical (unpaired) electrons. The lowest BCUT2D eigenvalue weighted by Gasteiger charge is -2.36. The Morgan fingerprint density at radius 3 is 1.53 bits per heavy atom. The molecule has 2 aromatic carbocycles. The molecule has 2 heterocycles. The number of carbonyl (C=O) groups is 1.